The van der Waals surface area contributed by atoms with Crippen molar-refractivity contribution >= 4 is 72.6 Å². The van der Waals surface area contributed by atoms with E-state index in [2.05, 4.69) is 20.9 Å². The van der Waals surface area contributed by atoms with Crippen LogP contribution in [-0.4, -0.2) is 47.2 Å². The lowest BCUT2D eigenvalue weighted by Gasteiger charge is -2.31. The van der Waals surface area contributed by atoms with E-state index in [9.17, 15) is 18.0 Å². The van der Waals surface area contributed by atoms with Crippen LogP contribution in [0.15, 0.2) is 58.2 Å². The first-order valence-corrected chi connectivity index (χ1v) is 14.8. The molecule has 3 aromatic rings. The first-order chi connectivity index (χ1) is 17.9. The summed E-state index contributed by atoms with van der Waals surface area (Å²) in [7, 11) is -4.07. The van der Waals surface area contributed by atoms with E-state index < -0.39 is 21.5 Å². The SMILES string of the molecule is CC1(Cc2ccc(Br)cc2)C(=O)N(c2cc(Cl)cc(Cl)c2)c2ncc(S(=O)(=O)N3CCC(C(N)=O)CC3)n21. The number of carbonyl (C=O) groups excluding carboxylic acids is 2. The summed E-state index contributed by atoms with van der Waals surface area (Å²) in [6.45, 7) is 1.98. The monoisotopic (exact) mass is 639 g/mol. The number of piperidine rings is 1. The summed E-state index contributed by atoms with van der Waals surface area (Å²) < 4.78 is 31.5. The Morgan fingerprint density at radius 1 is 1.13 bits per heavy atom. The highest BCUT2D eigenvalue weighted by Crippen LogP contribution is 2.45. The van der Waals surface area contributed by atoms with Crippen molar-refractivity contribution in [3.63, 3.8) is 0 Å². The number of benzene rings is 2. The topological polar surface area (TPSA) is 119 Å². The Labute approximate surface area is 238 Å². The summed E-state index contributed by atoms with van der Waals surface area (Å²) in [5.41, 5.74) is 5.31. The number of primary amides is 1. The van der Waals surface area contributed by atoms with Gasteiger partial charge in [0, 0.05) is 39.9 Å². The summed E-state index contributed by atoms with van der Waals surface area (Å²) in [5, 5.41) is 0.545. The molecule has 2 N–H and O–H groups in total. The highest BCUT2D eigenvalue weighted by molar-refractivity contribution is 9.10. The number of fused-ring (bicyclic) bond motifs is 1. The summed E-state index contributed by atoms with van der Waals surface area (Å²) >= 11 is 15.9. The number of nitrogens with two attached hydrogens (primary N) is 1. The van der Waals surface area contributed by atoms with Gasteiger partial charge in [0.25, 0.3) is 15.9 Å². The van der Waals surface area contributed by atoms with E-state index in [1.165, 1.54) is 20.0 Å². The smallest absolute Gasteiger partial charge is 0.260 e. The molecule has 200 valence electrons. The average molecular weight is 641 g/mol. The molecule has 2 amide bonds. The molecule has 9 nitrogen and oxygen atoms in total. The van der Waals surface area contributed by atoms with Crippen LogP contribution < -0.4 is 10.6 Å². The molecule has 3 heterocycles. The molecule has 2 aromatic carbocycles. The second-order valence-corrected chi connectivity index (χ2v) is 13.3. The molecule has 0 spiro atoms. The van der Waals surface area contributed by atoms with E-state index in [0.29, 0.717) is 28.6 Å². The lowest BCUT2D eigenvalue weighted by molar-refractivity contribution is -0.124. The number of sulfonamides is 1. The maximum Gasteiger partial charge on any atom is 0.260 e. The zero-order valence-corrected chi connectivity index (χ0v) is 24.2. The fourth-order valence-electron chi connectivity index (χ4n) is 5.13. The fraction of sp³-hybridized carbons (Fsp3) is 0.320. The van der Waals surface area contributed by atoms with E-state index in [4.69, 9.17) is 28.9 Å². The summed E-state index contributed by atoms with van der Waals surface area (Å²) in [6, 6.07) is 12.2. The number of halogens is 3. The number of anilines is 2. The number of rotatable bonds is 6. The minimum absolute atomic E-state index is 0.103. The van der Waals surface area contributed by atoms with Crippen molar-refractivity contribution in [3.8, 4) is 0 Å². The van der Waals surface area contributed by atoms with Gasteiger partial charge < -0.3 is 5.73 Å². The van der Waals surface area contributed by atoms with Crippen molar-refractivity contribution in [2.24, 2.45) is 11.7 Å². The Morgan fingerprint density at radius 3 is 2.32 bits per heavy atom. The molecule has 0 bridgehead atoms. The van der Waals surface area contributed by atoms with Gasteiger partial charge in [0.05, 0.1) is 11.9 Å². The molecule has 1 atom stereocenters. The number of carbonyl (C=O) groups is 2. The molecule has 1 aromatic heterocycles. The van der Waals surface area contributed by atoms with Crippen LogP contribution in [0.25, 0.3) is 0 Å². The van der Waals surface area contributed by atoms with Crippen LogP contribution in [0.5, 0.6) is 0 Å². The molecular weight excluding hydrogens is 617 g/mol. The molecule has 2 aliphatic rings. The predicted octanol–water partition coefficient (Wildman–Crippen LogP) is 4.47. The first kappa shape index (κ1) is 27.1. The van der Waals surface area contributed by atoms with Gasteiger partial charge in [0.2, 0.25) is 11.9 Å². The number of aromatic nitrogens is 2. The van der Waals surface area contributed by atoms with Gasteiger partial charge >= 0.3 is 0 Å². The van der Waals surface area contributed by atoms with E-state index in [0.717, 1.165) is 10.0 Å². The molecular formula is C25H24BrCl2N5O4S. The average Bonchev–Trinajstić information content (AvgIpc) is 3.39. The standard InChI is InChI=1S/C25H24BrCl2N5O4S/c1-25(13-15-2-4-17(26)5-3-15)23(35)32(20-11-18(27)10-19(28)12-20)24-30-14-21(33(24)25)38(36,37)31-8-6-16(7-9-31)22(29)34/h2-5,10-12,14,16H,6-9,13H2,1H3,(H2,29,34). The van der Waals surface area contributed by atoms with E-state index in [1.54, 1.807) is 25.1 Å². The maximum atomic E-state index is 14.1. The number of hydrogen-bond donors (Lipinski definition) is 1. The van der Waals surface area contributed by atoms with Crippen LogP contribution in [0.2, 0.25) is 10.0 Å². The largest absolute Gasteiger partial charge is 0.369 e. The van der Waals surface area contributed by atoms with Crippen LogP contribution in [0.3, 0.4) is 0 Å². The van der Waals surface area contributed by atoms with Gasteiger partial charge in [-0.05, 0) is 55.7 Å². The van der Waals surface area contributed by atoms with Gasteiger partial charge in [-0.2, -0.15) is 4.31 Å². The first-order valence-electron chi connectivity index (χ1n) is 11.8. The quantitative estimate of drug-likeness (QED) is 0.426. The summed E-state index contributed by atoms with van der Waals surface area (Å²) in [6.07, 6.45) is 2.14. The van der Waals surface area contributed by atoms with Gasteiger partial charge in [-0.25, -0.2) is 18.3 Å². The van der Waals surface area contributed by atoms with Crippen molar-refractivity contribution in [1.29, 1.82) is 0 Å². The van der Waals surface area contributed by atoms with Gasteiger partial charge in [0.1, 0.15) is 5.54 Å². The third-order valence-electron chi connectivity index (χ3n) is 7.10. The van der Waals surface area contributed by atoms with Crippen molar-refractivity contribution < 1.29 is 18.0 Å². The summed E-state index contributed by atoms with van der Waals surface area (Å²) in [4.78, 5) is 31.5. The molecule has 0 radical (unpaired) electrons. The molecule has 1 fully saturated rings. The Morgan fingerprint density at radius 2 is 1.74 bits per heavy atom. The van der Waals surface area contributed by atoms with Crippen LogP contribution in [0.1, 0.15) is 25.3 Å². The number of nitrogens with zero attached hydrogens (tertiary/aromatic N) is 4. The lowest BCUT2D eigenvalue weighted by Crippen LogP contribution is -2.45. The third-order valence-corrected chi connectivity index (χ3v) is 9.92. The molecule has 13 heteroatoms. The summed E-state index contributed by atoms with van der Waals surface area (Å²) in [5.74, 6) is -1.02. The van der Waals surface area contributed by atoms with Gasteiger partial charge in [-0.3, -0.25) is 14.2 Å². The van der Waals surface area contributed by atoms with Crippen LogP contribution in [0.4, 0.5) is 11.6 Å². The van der Waals surface area contributed by atoms with Gasteiger partial charge in [0.15, 0.2) is 5.03 Å². The Kier molecular flexibility index (Phi) is 7.10. The number of amides is 2. The number of imidazole rings is 1. The molecule has 5 rings (SSSR count). The van der Waals surface area contributed by atoms with Crippen LogP contribution in [0, 0.1) is 5.92 Å². The van der Waals surface area contributed by atoms with Crippen LogP contribution >= 0.6 is 39.1 Å². The van der Waals surface area contributed by atoms with Crippen molar-refractivity contribution in [2.75, 3.05) is 18.0 Å². The normalized spacial score (nSPS) is 20.6. The zero-order chi connectivity index (χ0) is 27.4. The molecule has 0 aliphatic carbocycles. The van der Waals surface area contributed by atoms with Crippen LogP contribution in [-0.2, 0) is 31.6 Å². The fourth-order valence-corrected chi connectivity index (χ4v) is 7.56. The van der Waals surface area contributed by atoms with Crippen molar-refractivity contribution in [3.05, 3.63) is 68.7 Å². The van der Waals surface area contributed by atoms with E-state index in [1.807, 2.05) is 24.3 Å². The Bertz CT molecular complexity index is 1520. The Hall–Kier alpha value is -2.44. The highest BCUT2D eigenvalue weighted by atomic mass is 79.9. The minimum Gasteiger partial charge on any atom is -0.369 e. The lowest BCUT2D eigenvalue weighted by atomic mass is 9.92. The van der Waals surface area contributed by atoms with E-state index >= 15 is 0 Å². The zero-order valence-electron chi connectivity index (χ0n) is 20.3. The van der Waals surface area contributed by atoms with E-state index in [-0.39, 0.29) is 42.3 Å². The predicted molar refractivity (Wildman–Crippen MR) is 148 cm³/mol. The van der Waals surface area contributed by atoms with Gasteiger partial charge in [-0.1, -0.05) is 51.3 Å². The molecule has 1 unspecified atom stereocenters. The molecule has 0 saturated carbocycles. The molecule has 2 aliphatic heterocycles. The van der Waals surface area contributed by atoms with Crippen molar-refractivity contribution in [2.45, 2.75) is 36.8 Å². The maximum absolute atomic E-state index is 14.1. The minimum atomic E-state index is -4.07. The number of hydrogen-bond acceptors (Lipinski definition) is 5. The third kappa shape index (κ3) is 4.64. The second-order valence-electron chi connectivity index (χ2n) is 9.66. The second kappa shape index (κ2) is 9.95. The molecule has 38 heavy (non-hydrogen) atoms. The highest BCUT2D eigenvalue weighted by Gasteiger charge is 2.52. The van der Waals surface area contributed by atoms with Gasteiger partial charge in [-0.15, -0.1) is 0 Å². The van der Waals surface area contributed by atoms with Crippen molar-refractivity contribution in [1.82, 2.24) is 13.9 Å². The molecule has 1 saturated heterocycles. The Balaban J connectivity index is 1.62.